The van der Waals surface area contributed by atoms with E-state index in [1.165, 1.54) is 29.2 Å². The first-order chi connectivity index (χ1) is 15.7. The number of hydrogen-bond donors (Lipinski definition) is 0. The second kappa shape index (κ2) is 8.89. The van der Waals surface area contributed by atoms with Crippen LogP contribution in [0.4, 0.5) is 26.3 Å². The van der Waals surface area contributed by atoms with Gasteiger partial charge in [0.05, 0.1) is 13.2 Å². The summed E-state index contributed by atoms with van der Waals surface area (Å²) in [6, 6.07) is 9.16. The van der Waals surface area contributed by atoms with Gasteiger partial charge in [0.2, 0.25) is 0 Å². The topological polar surface area (TPSA) is 52.5 Å². The third-order valence-electron chi connectivity index (χ3n) is 4.94. The van der Waals surface area contributed by atoms with Crippen LogP contribution in [0.5, 0.6) is 5.75 Å². The molecule has 1 saturated heterocycles. The Bertz CT molecular complexity index is 1140. The van der Waals surface area contributed by atoms with Gasteiger partial charge >= 0.3 is 12.3 Å². The molecule has 4 rings (SSSR count). The minimum absolute atomic E-state index is 0.0256. The number of epoxide rings is 1. The summed E-state index contributed by atoms with van der Waals surface area (Å²) in [4.78, 5) is 4.14. The van der Waals surface area contributed by atoms with Gasteiger partial charge in [0, 0.05) is 11.6 Å². The fraction of sp³-hybridized carbons (Fsp3) is 0.273. The highest BCUT2D eigenvalue weighted by Gasteiger charge is 2.49. The lowest BCUT2D eigenvalue weighted by atomic mass is 9.99. The van der Waals surface area contributed by atoms with Crippen molar-refractivity contribution < 1.29 is 35.8 Å². The van der Waals surface area contributed by atoms with Crippen LogP contribution in [0, 0.1) is 11.6 Å². The molecule has 0 aliphatic carbocycles. The van der Waals surface area contributed by atoms with Crippen LogP contribution in [0.3, 0.4) is 0 Å². The molecule has 2 heterocycles. The Labute approximate surface area is 184 Å². The Morgan fingerprint density at radius 1 is 1.12 bits per heavy atom. The second-order valence-corrected chi connectivity index (χ2v) is 7.46. The largest absolute Gasteiger partial charge is 0.487 e. The molecule has 174 valence electrons. The van der Waals surface area contributed by atoms with Gasteiger partial charge in [0.1, 0.15) is 29.3 Å². The number of rotatable bonds is 9. The average Bonchev–Trinajstić information content (AvgIpc) is 3.40. The Morgan fingerprint density at radius 2 is 1.85 bits per heavy atom. The summed E-state index contributed by atoms with van der Waals surface area (Å²) in [5.74, 6) is -5.22. The molecule has 3 aromatic rings. The standard InChI is InChI=1S/C22H17F6N3O2/c23-15-4-7-17(18(24)9-15)21(11-33-21)10-31-13-29-19(30-31)8-3-14-1-5-16(6-2-14)32-12-22(27,28)20(25)26/h1-9,13,20H,10-12H2/b8-3+. The number of ether oxygens (including phenoxy) is 2. The number of aromatic nitrogens is 3. The van der Waals surface area contributed by atoms with E-state index in [4.69, 9.17) is 9.47 Å². The van der Waals surface area contributed by atoms with Crippen molar-refractivity contribution in [1.29, 1.82) is 0 Å². The molecule has 0 radical (unpaired) electrons. The van der Waals surface area contributed by atoms with E-state index in [9.17, 15) is 26.3 Å². The van der Waals surface area contributed by atoms with Gasteiger partial charge < -0.3 is 9.47 Å². The normalized spacial score (nSPS) is 18.3. The molecule has 0 saturated carbocycles. The molecule has 1 aromatic heterocycles. The molecule has 1 aliphatic rings. The Morgan fingerprint density at radius 3 is 2.48 bits per heavy atom. The second-order valence-electron chi connectivity index (χ2n) is 7.46. The van der Waals surface area contributed by atoms with E-state index in [0.29, 0.717) is 11.4 Å². The van der Waals surface area contributed by atoms with E-state index in [0.717, 1.165) is 12.1 Å². The lowest BCUT2D eigenvalue weighted by Gasteiger charge is -2.15. The summed E-state index contributed by atoms with van der Waals surface area (Å²) in [5, 5.41) is 4.28. The van der Waals surface area contributed by atoms with E-state index >= 15 is 0 Å². The summed E-state index contributed by atoms with van der Waals surface area (Å²) in [6.45, 7) is -0.974. The van der Waals surface area contributed by atoms with E-state index < -0.39 is 36.2 Å². The SMILES string of the molecule is Fc1ccc(C2(Cn3cnc(/C=C/c4ccc(OCC(F)(F)C(F)F)cc4)n3)CO2)c(F)c1. The van der Waals surface area contributed by atoms with Crippen molar-refractivity contribution in [2.45, 2.75) is 24.5 Å². The lowest BCUT2D eigenvalue weighted by molar-refractivity contribution is -0.148. The first-order valence-corrected chi connectivity index (χ1v) is 9.73. The number of alkyl halides is 4. The highest BCUT2D eigenvalue weighted by Crippen LogP contribution is 2.41. The van der Waals surface area contributed by atoms with E-state index in [2.05, 4.69) is 10.1 Å². The van der Waals surface area contributed by atoms with Gasteiger partial charge in [-0.15, -0.1) is 0 Å². The van der Waals surface area contributed by atoms with Crippen LogP contribution < -0.4 is 4.74 Å². The molecule has 1 fully saturated rings. The van der Waals surface area contributed by atoms with Crippen LogP contribution in [0.2, 0.25) is 0 Å². The zero-order valence-corrected chi connectivity index (χ0v) is 16.9. The minimum atomic E-state index is -4.23. The van der Waals surface area contributed by atoms with Gasteiger partial charge in [-0.1, -0.05) is 24.3 Å². The van der Waals surface area contributed by atoms with Crippen LogP contribution in [0.15, 0.2) is 48.8 Å². The van der Waals surface area contributed by atoms with Gasteiger partial charge in [-0.25, -0.2) is 27.2 Å². The first kappa shape index (κ1) is 22.8. The van der Waals surface area contributed by atoms with Crippen molar-refractivity contribution in [3.8, 4) is 5.75 Å². The molecular formula is C22H17F6N3O2. The van der Waals surface area contributed by atoms with Crippen molar-refractivity contribution >= 4 is 12.2 Å². The van der Waals surface area contributed by atoms with Crippen LogP contribution in [0.25, 0.3) is 12.2 Å². The van der Waals surface area contributed by atoms with Crippen LogP contribution in [-0.2, 0) is 16.9 Å². The van der Waals surface area contributed by atoms with Gasteiger partial charge in [0.25, 0.3) is 0 Å². The monoisotopic (exact) mass is 469 g/mol. The third kappa shape index (κ3) is 5.36. The molecule has 2 aromatic carbocycles. The molecule has 33 heavy (non-hydrogen) atoms. The van der Waals surface area contributed by atoms with Crippen molar-refractivity contribution in [3.63, 3.8) is 0 Å². The lowest BCUT2D eigenvalue weighted by Crippen LogP contribution is -2.33. The summed E-state index contributed by atoms with van der Waals surface area (Å²) in [7, 11) is 0. The highest BCUT2D eigenvalue weighted by atomic mass is 19.3. The Hall–Kier alpha value is -3.34. The Balaban J connectivity index is 1.36. The molecule has 0 N–H and O–H groups in total. The predicted molar refractivity (Wildman–Crippen MR) is 106 cm³/mol. The van der Waals surface area contributed by atoms with Crippen molar-refractivity contribution in [1.82, 2.24) is 14.8 Å². The van der Waals surface area contributed by atoms with Crippen molar-refractivity contribution in [2.75, 3.05) is 13.2 Å². The van der Waals surface area contributed by atoms with Crippen LogP contribution >= 0.6 is 0 Å². The van der Waals surface area contributed by atoms with E-state index in [-0.39, 0.29) is 24.5 Å². The number of hydrogen-bond acceptors (Lipinski definition) is 4. The maximum atomic E-state index is 14.1. The maximum Gasteiger partial charge on any atom is 0.340 e. The number of halogens is 6. The molecule has 1 unspecified atom stereocenters. The fourth-order valence-electron chi connectivity index (χ4n) is 3.09. The molecule has 5 nitrogen and oxygen atoms in total. The summed E-state index contributed by atoms with van der Waals surface area (Å²) < 4.78 is 89.1. The van der Waals surface area contributed by atoms with Gasteiger partial charge in [-0.05, 0) is 29.8 Å². The van der Waals surface area contributed by atoms with E-state index in [1.807, 2.05) is 0 Å². The Kier molecular flexibility index (Phi) is 6.15. The van der Waals surface area contributed by atoms with E-state index in [1.54, 1.807) is 24.3 Å². The third-order valence-corrected chi connectivity index (χ3v) is 4.94. The maximum absolute atomic E-state index is 14.1. The predicted octanol–water partition coefficient (Wildman–Crippen LogP) is 4.93. The smallest absolute Gasteiger partial charge is 0.340 e. The van der Waals surface area contributed by atoms with Crippen LogP contribution in [-0.4, -0.2) is 40.3 Å². The van der Waals surface area contributed by atoms with Gasteiger partial charge in [0.15, 0.2) is 12.4 Å². The van der Waals surface area contributed by atoms with Crippen molar-refractivity contribution in [2.24, 2.45) is 0 Å². The van der Waals surface area contributed by atoms with Gasteiger partial charge in [-0.2, -0.15) is 13.9 Å². The molecule has 0 spiro atoms. The summed E-state index contributed by atoms with van der Waals surface area (Å²) in [6.07, 6.45) is 0.893. The molecule has 1 aliphatic heterocycles. The summed E-state index contributed by atoms with van der Waals surface area (Å²) >= 11 is 0. The highest BCUT2D eigenvalue weighted by molar-refractivity contribution is 5.66. The zero-order valence-electron chi connectivity index (χ0n) is 16.9. The molecular weight excluding hydrogens is 452 g/mol. The average molecular weight is 469 g/mol. The fourth-order valence-corrected chi connectivity index (χ4v) is 3.09. The molecule has 1 atom stereocenters. The minimum Gasteiger partial charge on any atom is -0.487 e. The molecule has 11 heteroatoms. The molecule has 0 amide bonds. The zero-order chi connectivity index (χ0) is 23.6. The number of benzene rings is 2. The van der Waals surface area contributed by atoms with Crippen LogP contribution in [0.1, 0.15) is 17.0 Å². The first-order valence-electron chi connectivity index (χ1n) is 9.73. The van der Waals surface area contributed by atoms with Crippen molar-refractivity contribution in [3.05, 3.63) is 77.4 Å². The summed E-state index contributed by atoms with van der Waals surface area (Å²) in [5.41, 5.74) is -0.0246. The van der Waals surface area contributed by atoms with Gasteiger partial charge in [-0.3, -0.25) is 0 Å². The quantitative estimate of drug-likeness (QED) is 0.330. The molecule has 0 bridgehead atoms. The number of nitrogens with zero attached hydrogens (tertiary/aromatic N) is 3.